The van der Waals surface area contributed by atoms with Crippen LogP contribution in [0.3, 0.4) is 0 Å². The molecule has 0 radical (unpaired) electrons. The zero-order chi connectivity index (χ0) is 12.8. The summed E-state index contributed by atoms with van der Waals surface area (Å²) in [5, 5.41) is 10.3. The van der Waals surface area contributed by atoms with E-state index in [1.54, 1.807) is 6.92 Å². The highest BCUT2D eigenvalue weighted by molar-refractivity contribution is 5.93. The van der Waals surface area contributed by atoms with E-state index in [1.165, 1.54) is 0 Å². The molecule has 0 rings (SSSR count). The van der Waals surface area contributed by atoms with Crippen molar-refractivity contribution in [2.45, 2.75) is 26.2 Å². The molecule has 0 aromatic carbocycles. The minimum absolute atomic E-state index is 0.0570. The third kappa shape index (κ3) is 7.17. The Morgan fingerprint density at radius 3 is 2.19 bits per heavy atom. The Hall–Kier alpha value is -1.16. The van der Waals surface area contributed by atoms with E-state index < -0.39 is 5.97 Å². The van der Waals surface area contributed by atoms with Crippen LogP contribution in [0.1, 0.15) is 26.2 Å². The number of hydrogen-bond acceptors (Lipinski definition) is 3. The summed E-state index contributed by atoms with van der Waals surface area (Å²) in [5.74, 6) is -0.941. The maximum atomic E-state index is 11.3. The fourth-order valence-electron chi connectivity index (χ4n) is 1.39. The van der Waals surface area contributed by atoms with Crippen LogP contribution in [0.2, 0.25) is 0 Å². The van der Waals surface area contributed by atoms with Gasteiger partial charge in [-0.3, -0.25) is 4.79 Å². The third-order valence-corrected chi connectivity index (χ3v) is 2.56. The zero-order valence-corrected chi connectivity index (χ0v) is 10.4. The Bertz CT molecular complexity index is 282. The van der Waals surface area contributed by atoms with Crippen LogP contribution in [-0.2, 0) is 9.59 Å². The number of carbonyl (C=O) groups is 2. The lowest BCUT2D eigenvalue weighted by molar-refractivity contribution is -0.890. The van der Waals surface area contributed by atoms with Gasteiger partial charge in [-0.15, -0.1) is 0 Å². The number of carbonyl (C=O) groups excluding carboxylic acids is 2. The smallest absolute Gasteiger partial charge is 0.158 e. The van der Waals surface area contributed by atoms with Gasteiger partial charge in [0, 0.05) is 25.2 Å². The standard InChI is InChI=1S/C12H21NO3/c1-10(2)11(14)6-5-8-13(3,4)9-7-12(15)16/h1,5-9H2,2-4H3. The van der Waals surface area contributed by atoms with Crippen LogP contribution in [0.5, 0.6) is 0 Å². The Morgan fingerprint density at radius 1 is 1.19 bits per heavy atom. The molecule has 16 heavy (non-hydrogen) atoms. The van der Waals surface area contributed by atoms with Crippen LogP contribution in [-0.4, -0.2) is 43.4 Å². The minimum Gasteiger partial charge on any atom is -0.550 e. The third-order valence-electron chi connectivity index (χ3n) is 2.56. The maximum absolute atomic E-state index is 11.3. The summed E-state index contributed by atoms with van der Waals surface area (Å²) < 4.78 is 0.595. The maximum Gasteiger partial charge on any atom is 0.158 e. The second-order valence-electron chi connectivity index (χ2n) is 4.81. The van der Waals surface area contributed by atoms with Gasteiger partial charge in [-0.2, -0.15) is 0 Å². The van der Waals surface area contributed by atoms with Crippen molar-refractivity contribution in [3.8, 4) is 0 Å². The van der Waals surface area contributed by atoms with Gasteiger partial charge in [0.05, 0.1) is 27.2 Å². The van der Waals surface area contributed by atoms with Gasteiger partial charge < -0.3 is 14.4 Å². The first-order valence-electron chi connectivity index (χ1n) is 5.45. The number of quaternary nitrogens is 1. The van der Waals surface area contributed by atoms with E-state index in [1.807, 2.05) is 14.1 Å². The average molecular weight is 227 g/mol. The van der Waals surface area contributed by atoms with Gasteiger partial charge in [0.1, 0.15) is 0 Å². The highest BCUT2D eigenvalue weighted by Gasteiger charge is 2.15. The first kappa shape index (κ1) is 14.8. The van der Waals surface area contributed by atoms with Crippen LogP contribution in [0.25, 0.3) is 0 Å². The normalized spacial score (nSPS) is 11.2. The van der Waals surface area contributed by atoms with Crippen molar-refractivity contribution in [2.75, 3.05) is 27.2 Å². The number of nitrogens with zero attached hydrogens (tertiary/aromatic N) is 1. The number of aliphatic carboxylic acids is 1. The second kappa shape index (κ2) is 6.43. The van der Waals surface area contributed by atoms with Gasteiger partial charge >= 0.3 is 0 Å². The molecule has 4 heteroatoms. The highest BCUT2D eigenvalue weighted by atomic mass is 16.4. The van der Waals surface area contributed by atoms with Gasteiger partial charge in [-0.25, -0.2) is 0 Å². The van der Waals surface area contributed by atoms with Crippen molar-refractivity contribution < 1.29 is 19.2 Å². The molecule has 0 unspecified atom stereocenters. The van der Waals surface area contributed by atoms with E-state index >= 15 is 0 Å². The molecule has 0 atom stereocenters. The van der Waals surface area contributed by atoms with E-state index in [0.29, 0.717) is 23.0 Å². The number of Topliss-reactive ketones (excluding diaryl/α,β-unsaturated/α-hetero) is 1. The van der Waals surface area contributed by atoms with Crippen molar-refractivity contribution in [1.82, 2.24) is 0 Å². The van der Waals surface area contributed by atoms with Crippen LogP contribution < -0.4 is 5.11 Å². The molecule has 92 valence electrons. The molecule has 0 aromatic heterocycles. The predicted molar refractivity (Wildman–Crippen MR) is 60.5 cm³/mol. The van der Waals surface area contributed by atoms with E-state index in [0.717, 1.165) is 13.0 Å². The van der Waals surface area contributed by atoms with E-state index in [2.05, 4.69) is 6.58 Å². The van der Waals surface area contributed by atoms with Gasteiger partial charge in [-0.1, -0.05) is 6.58 Å². The van der Waals surface area contributed by atoms with Crippen LogP contribution in [0.15, 0.2) is 12.2 Å². The van der Waals surface area contributed by atoms with Crippen molar-refractivity contribution in [3.63, 3.8) is 0 Å². The summed E-state index contributed by atoms with van der Waals surface area (Å²) in [6.07, 6.45) is 1.30. The van der Waals surface area contributed by atoms with Crippen molar-refractivity contribution in [2.24, 2.45) is 0 Å². The second-order valence-corrected chi connectivity index (χ2v) is 4.81. The summed E-state index contributed by atoms with van der Waals surface area (Å²) in [4.78, 5) is 21.6. The molecule has 0 aliphatic heterocycles. The number of carboxylic acids is 1. The fraction of sp³-hybridized carbons (Fsp3) is 0.667. The Kier molecular flexibility index (Phi) is 5.96. The lowest BCUT2D eigenvalue weighted by atomic mass is 10.1. The molecule has 4 nitrogen and oxygen atoms in total. The van der Waals surface area contributed by atoms with Crippen LogP contribution in [0, 0.1) is 0 Å². The predicted octanol–water partition coefficient (Wildman–Crippen LogP) is 0.128. The first-order chi connectivity index (χ1) is 7.24. The van der Waals surface area contributed by atoms with Crippen LogP contribution in [0.4, 0.5) is 0 Å². The minimum atomic E-state index is -1.02. The van der Waals surface area contributed by atoms with Gasteiger partial charge in [0.15, 0.2) is 5.78 Å². The van der Waals surface area contributed by atoms with E-state index in [4.69, 9.17) is 0 Å². The number of ketones is 1. The molecule has 0 fully saturated rings. The largest absolute Gasteiger partial charge is 0.550 e. The van der Waals surface area contributed by atoms with Gasteiger partial charge in [-0.05, 0) is 12.5 Å². The van der Waals surface area contributed by atoms with Gasteiger partial charge in [0.2, 0.25) is 0 Å². The van der Waals surface area contributed by atoms with Crippen LogP contribution >= 0.6 is 0 Å². The summed E-state index contributed by atoms with van der Waals surface area (Å²) in [6, 6.07) is 0. The zero-order valence-electron chi connectivity index (χ0n) is 10.4. The summed E-state index contributed by atoms with van der Waals surface area (Å²) in [5.41, 5.74) is 0.583. The highest BCUT2D eigenvalue weighted by Crippen LogP contribution is 2.05. The Morgan fingerprint density at radius 2 is 1.75 bits per heavy atom. The number of carboxylic acid groups (broad SMARTS) is 1. The molecule has 0 saturated heterocycles. The van der Waals surface area contributed by atoms with E-state index in [-0.39, 0.29) is 12.2 Å². The van der Waals surface area contributed by atoms with Crippen molar-refractivity contribution in [3.05, 3.63) is 12.2 Å². The lowest BCUT2D eigenvalue weighted by Crippen LogP contribution is -2.43. The lowest BCUT2D eigenvalue weighted by Gasteiger charge is -2.29. The topological polar surface area (TPSA) is 57.2 Å². The molecule has 0 saturated carbocycles. The molecule has 0 aliphatic rings. The molecule has 0 aliphatic carbocycles. The number of rotatable bonds is 8. The quantitative estimate of drug-likeness (QED) is 0.437. The van der Waals surface area contributed by atoms with Crippen molar-refractivity contribution >= 4 is 11.8 Å². The molecule has 0 N–H and O–H groups in total. The Labute approximate surface area is 97.2 Å². The summed E-state index contributed by atoms with van der Waals surface area (Å²) in [6.45, 7) is 6.61. The summed E-state index contributed by atoms with van der Waals surface area (Å²) in [7, 11) is 3.91. The fourth-order valence-corrected chi connectivity index (χ4v) is 1.39. The van der Waals surface area contributed by atoms with Crippen molar-refractivity contribution in [1.29, 1.82) is 0 Å². The number of allylic oxidation sites excluding steroid dienone is 1. The molecular weight excluding hydrogens is 206 g/mol. The van der Waals surface area contributed by atoms with E-state index in [9.17, 15) is 14.7 Å². The molecule has 0 aromatic rings. The molecular formula is C12H21NO3. The SMILES string of the molecule is C=C(C)C(=O)CCC[N+](C)(C)CCC(=O)[O-]. The average Bonchev–Trinajstić information content (AvgIpc) is 2.14. The first-order valence-corrected chi connectivity index (χ1v) is 5.45. The molecule has 0 amide bonds. The molecule has 0 bridgehead atoms. The molecule has 0 heterocycles. The number of hydrogen-bond donors (Lipinski definition) is 0. The summed E-state index contributed by atoms with van der Waals surface area (Å²) >= 11 is 0. The Balaban J connectivity index is 3.86. The van der Waals surface area contributed by atoms with Gasteiger partial charge in [0.25, 0.3) is 0 Å². The molecule has 0 spiro atoms. The monoisotopic (exact) mass is 227 g/mol.